The molecule has 2 nitrogen and oxygen atoms in total. The second kappa shape index (κ2) is 10.7. The van der Waals surface area contributed by atoms with Crippen LogP contribution in [-0.4, -0.2) is 10.3 Å². The summed E-state index contributed by atoms with van der Waals surface area (Å²) in [5, 5.41) is 0. The molecule has 1 aromatic carbocycles. The van der Waals surface area contributed by atoms with Gasteiger partial charge < -0.3 is 0 Å². The topological polar surface area (TPSA) is 8.81 Å². The number of aromatic nitrogens is 2. The summed E-state index contributed by atoms with van der Waals surface area (Å²) in [6, 6.07) is 8.84. The van der Waals surface area contributed by atoms with E-state index in [1.165, 1.54) is 68.2 Å². The fraction of sp³-hybridized carbons (Fsp3) is 0.650. The van der Waals surface area contributed by atoms with Gasteiger partial charge in [-0.1, -0.05) is 58.1 Å². The Hall–Kier alpha value is -0.960. The molecule has 0 saturated heterocycles. The molecule has 0 unspecified atom stereocenters. The third kappa shape index (κ3) is 5.87. The molecular weight excluding hydrogens is 300 g/mol. The second-order valence-corrected chi connectivity index (χ2v) is 7.50. The SMILES string of the molecule is CCCCCCSC[n+]1cn(CCCCCC)c2ccccc21. The maximum atomic E-state index is 2.45. The minimum Gasteiger partial charge on any atom is -0.230 e. The molecule has 128 valence electrons. The van der Waals surface area contributed by atoms with Gasteiger partial charge in [0.1, 0.15) is 5.88 Å². The molecule has 0 amide bonds. The van der Waals surface area contributed by atoms with Crippen LogP contribution in [0.25, 0.3) is 11.0 Å². The molecule has 0 spiro atoms. The van der Waals surface area contributed by atoms with Crippen LogP contribution >= 0.6 is 11.8 Å². The van der Waals surface area contributed by atoms with Crippen molar-refractivity contribution in [3.05, 3.63) is 30.6 Å². The number of benzene rings is 1. The van der Waals surface area contributed by atoms with Crippen LogP contribution in [0.2, 0.25) is 0 Å². The Morgan fingerprint density at radius 1 is 0.913 bits per heavy atom. The summed E-state index contributed by atoms with van der Waals surface area (Å²) in [6.45, 7) is 5.70. The third-order valence-corrected chi connectivity index (χ3v) is 5.44. The molecule has 0 radical (unpaired) electrons. The van der Waals surface area contributed by atoms with Gasteiger partial charge in [-0.25, -0.2) is 9.13 Å². The second-order valence-electron chi connectivity index (χ2n) is 6.43. The molecule has 0 aliphatic heterocycles. The van der Waals surface area contributed by atoms with Gasteiger partial charge in [0.15, 0.2) is 11.0 Å². The predicted octanol–water partition coefficient (Wildman–Crippen LogP) is 5.78. The lowest BCUT2D eigenvalue weighted by molar-refractivity contribution is -0.650. The van der Waals surface area contributed by atoms with E-state index in [-0.39, 0.29) is 0 Å². The number of rotatable bonds is 12. The van der Waals surface area contributed by atoms with Crippen molar-refractivity contribution in [2.24, 2.45) is 0 Å². The van der Waals surface area contributed by atoms with E-state index >= 15 is 0 Å². The van der Waals surface area contributed by atoms with Gasteiger partial charge in [-0.3, -0.25) is 0 Å². The highest BCUT2D eigenvalue weighted by Gasteiger charge is 2.14. The molecule has 1 heterocycles. The van der Waals surface area contributed by atoms with Gasteiger partial charge in [0.2, 0.25) is 6.33 Å². The molecule has 3 heteroatoms. The average molecular weight is 334 g/mol. The first kappa shape index (κ1) is 18.4. The van der Waals surface area contributed by atoms with E-state index in [9.17, 15) is 0 Å². The van der Waals surface area contributed by atoms with E-state index in [1.54, 1.807) is 0 Å². The number of thioether (sulfide) groups is 1. The molecule has 0 atom stereocenters. The van der Waals surface area contributed by atoms with Gasteiger partial charge in [0, 0.05) is 0 Å². The first-order valence-electron chi connectivity index (χ1n) is 9.41. The Balaban J connectivity index is 1.91. The third-order valence-electron chi connectivity index (χ3n) is 4.40. The number of aryl methyl sites for hydroxylation is 1. The van der Waals surface area contributed by atoms with Gasteiger partial charge in [-0.05, 0) is 37.1 Å². The average Bonchev–Trinajstić information content (AvgIpc) is 2.93. The molecule has 0 fully saturated rings. The smallest absolute Gasteiger partial charge is 0.230 e. The van der Waals surface area contributed by atoms with E-state index in [4.69, 9.17) is 0 Å². The van der Waals surface area contributed by atoms with Crippen molar-refractivity contribution >= 4 is 22.8 Å². The van der Waals surface area contributed by atoms with E-state index in [1.807, 2.05) is 0 Å². The standard InChI is InChI=1S/C20H33N2S/c1-3-5-7-11-15-21-17-22(18-23-16-12-8-6-4-2)20-14-10-9-13-19(20)21/h9-10,13-14,17H,3-8,11-12,15-16,18H2,1-2H3/q+1. The summed E-state index contributed by atoms with van der Waals surface area (Å²) in [6.07, 6.45) is 13.1. The van der Waals surface area contributed by atoms with Crippen LogP contribution in [0.5, 0.6) is 0 Å². The quantitative estimate of drug-likeness (QED) is 0.353. The zero-order chi connectivity index (χ0) is 16.3. The molecular formula is C20H33N2S+. The fourth-order valence-electron chi connectivity index (χ4n) is 3.03. The van der Waals surface area contributed by atoms with Gasteiger partial charge in [0.25, 0.3) is 0 Å². The summed E-state index contributed by atoms with van der Waals surface area (Å²) in [4.78, 5) is 0. The molecule has 0 bridgehead atoms. The summed E-state index contributed by atoms with van der Waals surface area (Å²) < 4.78 is 4.88. The van der Waals surface area contributed by atoms with Crippen LogP contribution in [0.15, 0.2) is 30.6 Å². The highest BCUT2D eigenvalue weighted by molar-refractivity contribution is 7.98. The highest BCUT2D eigenvalue weighted by Crippen LogP contribution is 2.15. The van der Waals surface area contributed by atoms with Gasteiger partial charge >= 0.3 is 0 Å². The van der Waals surface area contributed by atoms with Crippen molar-refractivity contribution in [3.8, 4) is 0 Å². The Morgan fingerprint density at radius 3 is 2.43 bits per heavy atom. The van der Waals surface area contributed by atoms with Crippen LogP contribution in [-0.2, 0) is 12.4 Å². The molecule has 23 heavy (non-hydrogen) atoms. The molecule has 0 N–H and O–H groups in total. The van der Waals surface area contributed by atoms with E-state index < -0.39 is 0 Å². The molecule has 2 rings (SSSR count). The number of para-hydroxylation sites is 2. The van der Waals surface area contributed by atoms with Crippen molar-refractivity contribution < 1.29 is 4.57 Å². The highest BCUT2D eigenvalue weighted by atomic mass is 32.2. The molecule has 2 aromatic rings. The van der Waals surface area contributed by atoms with E-state index in [0.717, 1.165) is 12.4 Å². The predicted molar refractivity (Wildman–Crippen MR) is 103 cm³/mol. The van der Waals surface area contributed by atoms with Gasteiger partial charge in [-0.2, -0.15) is 0 Å². The lowest BCUT2D eigenvalue weighted by atomic mass is 10.2. The van der Waals surface area contributed by atoms with Crippen molar-refractivity contribution in [3.63, 3.8) is 0 Å². The molecule has 1 aromatic heterocycles. The summed E-state index contributed by atoms with van der Waals surface area (Å²) in [5.74, 6) is 2.36. The van der Waals surface area contributed by atoms with Crippen molar-refractivity contribution in [2.75, 3.05) is 5.75 Å². The van der Waals surface area contributed by atoms with Crippen LogP contribution in [0.3, 0.4) is 0 Å². The van der Waals surface area contributed by atoms with Crippen molar-refractivity contribution in [1.29, 1.82) is 0 Å². The molecule has 0 aliphatic rings. The monoisotopic (exact) mass is 333 g/mol. The van der Waals surface area contributed by atoms with Crippen LogP contribution in [0.1, 0.15) is 65.2 Å². The van der Waals surface area contributed by atoms with Crippen LogP contribution in [0.4, 0.5) is 0 Å². The number of fused-ring (bicyclic) bond motifs is 1. The van der Waals surface area contributed by atoms with Crippen molar-refractivity contribution in [1.82, 2.24) is 4.57 Å². The number of nitrogens with zero attached hydrogens (tertiary/aromatic N) is 2. The number of unbranched alkanes of at least 4 members (excludes halogenated alkanes) is 6. The Labute approximate surface area is 146 Å². The number of imidazole rings is 1. The summed E-state index contributed by atoms with van der Waals surface area (Å²) in [7, 11) is 0. The minimum absolute atomic E-state index is 1.08. The fourth-order valence-corrected chi connectivity index (χ4v) is 3.97. The molecule has 0 aliphatic carbocycles. The first-order valence-corrected chi connectivity index (χ1v) is 10.6. The Morgan fingerprint density at radius 2 is 1.65 bits per heavy atom. The normalized spacial score (nSPS) is 11.4. The number of hydrogen-bond acceptors (Lipinski definition) is 1. The zero-order valence-corrected chi connectivity index (χ0v) is 15.8. The van der Waals surface area contributed by atoms with Gasteiger partial charge in [0.05, 0.1) is 6.54 Å². The largest absolute Gasteiger partial charge is 0.245 e. The maximum Gasteiger partial charge on any atom is 0.245 e. The van der Waals surface area contributed by atoms with E-state index in [2.05, 4.69) is 65.3 Å². The summed E-state index contributed by atoms with van der Waals surface area (Å²) in [5.41, 5.74) is 2.76. The lowest BCUT2D eigenvalue weighted by Gasteiger charge is -1.99. The number of hydrogen-bond donors (Lipinski definition) is 0. The first-order chi connectivity index (χ1) is 11.4. The van der Waals surface area contributed by atoms with Gasteiger partial charge in [-0.15, -0.1) is 11.8 Å². The minimum atomic E-state index is 1.08. The Kier molecular flexibility index (Phi) is 8.59. The maximum absolute atomic E-state index is 2.45. The molecule has 0 saturated carbocycles. The summed E-state index contributed by atoms with van der Waals surface area (Å²) >= 11 is 2.07. The zero-order valence-electron chi connectivity index (χ0n) is 15.0. The lowest BCUT2D eigenvalue weighted by Crippen LogP contribution is -2.30. The van der Waals surface area contributed by atoms with Crippen molar-refractivity contribution in [2.45, 2.75) is 77.6 Å². The Bertz CT molecular complexity index is 562. The van der Waals surface area contributed by atoms with Crippen LogP contribution < -0.4 is 4.57 Å². The van der Waals surface area contributed by atoms with Crippen LogP contribution in [0, 0.1) is 0 Å². The van der Waals surface area contributed by atoms with E-state index in [0.29, 0.717) is 0 Å².